The third-order valence-electron chi connectivity index (χ3n) is 5.28. The van der Waals surface area contributed by atoms with E-state index < -0.39 is 18.5 Å². The Kier molecular flexibility index (Phi) is 7.82. The van der Waals surface area contributed by atoms with Gasteiger partial charge in [-0.1, -0.05) is 91.0 Å². The monoisotopic (exact) mass is 420 g/mol. The van der Waals surface area contributed by atoms with Crippen LogP contribution in [0.5, 0.6) is 0 Å². The molecule has 1 N–H and O–H groups in total. The van der Waals surface area contributed by atoms with Crippen LogP contribution >= 0.6 is 0 Å². The molecular formula is C26H28O5. The lowest BCUT2D eigenvalue weighted by atomic mass is 10.0. The average molecular weight is 421 g/mol. The fraction of sp³-hybridized carbons (Fsp3) is 0.308. The van der Waals surface area contributed by atoms with Gasteiger partial charge < -0.3 is 24.1 Å². The molecule has 0 spiro atoms. The lowest BCUT2D eigenvalue weighted by Crippen LogP contribution is -2.56. The standard InChI is InChI=1S/C26H28O5/c27-26-25(30-18-22-14-8-3-9-15-22)24(29-17-21-12-6-2-7-13-21)23(19-31-26)28-16-20-10-4-1-5-11-20/h1-15,23-27H,16-19H2/t23-,24?,25?,26+/m0/s1. The molecule has 5 nitrogen and oxygen atoms in total. The first-order valence-corrected chi connectivity index (χ1v) is 10.6. The molecule has 3 aromatic carbocycles. The Morgan fingerprint density at radius 2 is 1.03 bits per heavy atom. The molecule has 0 aromatic heterocycles. The summed E-state index contributed by atoms with van der Waals surface area (Å²) in [6.45, 7) is 1.41. The Morgan fingerprint density at radius 3 is 1.52 bits per heavy atom. The number of hydrogen-bond acceptors (Lipinski definition) is 5. The number of aliphatic hydroxyl groups is 1. The minimum Gasteiger partial charge on any atom is -0.368 e. The maximum absolute atomic E-state index is 10.5. The van der Waals surface area contributed by atoms with Crippen molar-refractivity contribution < 1.29 is 24.1 Å². The zero-order valence-electron chi connectivity index (χ0n) is 17.4. The lowest BCUT2D eigenvalue weighted by Gasteiger charge is -2.40. The van der Waals surface area contributed by atoms with Gasteiger partial charge in [0.1, 0.15) is 18.3 Å². The largest absolute Gasteiger partial charge is 0.368 e. The molecule has 0 aliphatic carbocycles. The number of benzene rings is 3. The highest BCUT2D eigenvalue weighted by Gasteiger charge is 2.42. The van der Waals surface area contributed by atoms with Crippen LogP contribution in [0.3, 0.4) is 0 Å². The van der Waals surface area contributed by atoms with Crippen molar-refractivity contribution in [2.45, 2.75) is 44.4 Å². The van der Waals surface area contributed by atoms with E-state index in [0.717, 1.165) is 16.7 Å². The van der Waals surface area contributed by atoms with Gasteiger partial charge in [0.2, 0.25) is 0 Å². The smallest absolute Gasteiger partial charge is 0.183 e. The average Bonchev–Trinajstić information content (AvgIpc) is 2.83. The third kappa shape index (κ3) is 6.23. The Hall–Kier alpha value is -2.54. The quantitative estimate of drug-likeness (QED) is 0.565. The number of hydrogen-bond donors (Lipinski definition) is 1. The fourth-order valence-electron chi connectivity index (χ4n) is 3.59. The summed E-state index contributed by atoms with van der Waals surface area (Å²) in [5, 5.41) is 10.5. The molecule has 0 saturated carbocycles. The zero-order chi connectivity index (χ0) is 21.3. The van der Waals surface area contributed by atoms with Gasteiger partial charge in [0.25, 0.3) is 0 Å². The molecule has 31 heavy (non-hydrogen) atoms. The molecule has 3 aromatic rings. The summed E-state index contributed by atoms with van der Waals surface area (Å²) >= 11 is 0. The van der Waals surface area contributed by atoms with Crippen molar-refractivity contribution in [3.05, 3.63) is 108 Å². The predicted molar refractivity (Wildman–Crippen MR) is 117 cm³/mol. The molecule has 2 unspecified atom stereocenters. The van der Waals surface area contributed by atoms with E-state index in [1.54, 1.807) is 0 Å². The summed E-state index contributed by atoms with van der Waals surface area (Å²) < 4.78 is 24.1. The minimum atomic E-state index is -1.08. The van der Waals surface area contributed by atoms with E-state index in [9.17, 15) is 5.11 Å². The summed E-state index contributed by atoms with van der Waals surface area (Å²) in [7, 11) is 0. The first-order valence-electron chi connectivity index (χ1n) is 10.6. The third-order valence-corrected chi connectivity index (χ3v) is 5.28. The minimum absolute atomic E-state index is 0.235. The Labute approximate surface area is 183 Å². The van der Waals surface area contributed by atoms with Gasteiger partial charge >= 0.3 is 0 Å². The van der Waals surface area contributed by atoms with Crippen molar-refractivity contribution in [1.82, 2.24) is 0 Å². The summed E-state index contributed by atoms with van der Waals surface area (Å²) in [6, 6.07) is 29.8. The number of ether oxygens (including phenoxy) is 4. The van der Waals surface area contributed by atoms with Crippen molar-refractivity contribution in [1.29, 1.82) is 0 Å². The number of rotatable bonds is 9. The maximum atomic E-state index is 10.5. The van der Waals surface area contributed by atoms with Gasteiger partial charge in [-0.25, -0.2) is 0 Å². The SMILES string of the molecule is O[C@@H]1OC[C@H](OCc2ccccc2)C(OCc2ccccc2)C1OCc1ccccc1. The van der Waals surface area contributed by atoms with Crippen LogP contribution in [0.25, 0.3) is 0 Å². The van der Waals surface area contributed by atoms with E-state index in [0.29, 0.717) is 19.8 Å². The highest BCUT2D eigenvalue weighted by molar-refractivity contribution is 5.15. The van der Waals surface area contributed by atoms with Gasteiger partial charge in [0.15, 0.2) is 6.29 Å². The molecule has 4 atom stereocenters. The highest BCUT2D eigenvalue weighted by Crippen LogP contribution is 2.25. The van der Waals surface area contributed by atoms with Crippen molar-refractivity contribution in [2.24, 2.45) is 0 Å². The van der Waals surface area contributed by atoms with Gasteiger partial charge in [-0.3, -0.25) is 0 Å². The van der Waals surface area contributed by atoms with E-state index in [4.69, 9.17) is 18.9 Å². The van der Waals surface area contributed by atoms with Crippen molar-refractivity contribution in [2.75, 3.05) is 6.61 Å². The van der Waals surface area contributed by atoms with Gasteiger partial charge in [0.05, 0.1) is 26.4 Å². The second kappa shape index (κ2) is 11.2. The van der Waals surface area contributed by atoms with E-state index in [1.165, 1.54) is 0 Å². The Morgan fingerprint density at radius 1 is 0.613 bits per heavy atom. The summed E-state index contributed by atoms with van der Waals surface area (Å²) in [5.41, 5.74) is 3.13. The van der Waals surface area contributed by atoms with Crippen LogP contribution < -0.4 is 0 Å². The lowest BCUT2D eigenvalue weighted by molar-refractivity contribution is -0.286. The molecule has 1 aliphatic heterocycles. The predicted octanol–water partition coefficient (Wildman–Crippen LogP) is 4.09. The maximum Gasteiger partial charge on any atom is 0.183 e. The molecule has 0 radical (unpaired) electrons. The number of aliphatic hydroxyl groups excluding tert-OH is 1. The van der Waals surface area contributed by atoms with Gasteiger partial charge in [-0.2, -0.15) is 0 Å². The van der Waals surface area contributed by atoms with Crippen LogP contribution in [0.1, 0.15) is 16.7 Å². The van der Waals surface area contributed by atoms with Crippen molar-refractivity contribution in [3.63, 3.8) is 0 Å². The topological polar surface area (TPSA) is 57.2 Å². The molecule has 1 fully saturated rings. The van der Waals surface area contributed by atoms with Gasteiger partial charge in [0, 0.05) is 0 Å². The first kappa shape index (κ1) is 21.7. The van der Waals surface area contributed by atoms with E-state index in [1.807, 2.05) is 91.0 Å². The molecular weight excluding hydrogens is 392 g/mol. The van der Waals surface area contributed by atoms with Crippen LogP contribution in [0, 0.1) is 0 Å². The van der Waals surface area contributed by atoms with Crippen LogP contribution in [0.15, 0.2) is 91.0 Å². The van der Waals surface area contributed by atoms with Gasteiger partial charge in [-0.15, -0.1) is 0 Å². The molecule has 0 bridgehead atoms. The Balaban J connectivity index is 1.46. The fourth-order valence-corrected chi connectivity index (χ4v) is 3.59. The van der Waals surface area contributed by atoms with E-state index in [2.05, 4.69) is 0 Å². The molecule has 1 heterocycles. The van der Waals surface area contributed by atoms with Crippen LogP contribution in [0.4, 0.5) is 0 Å². The van der Waals surface area contributed by atoms with Crippen LogP contribution in [-0.4, -0.2) is 36.3 Å². The molecule has 1 aliphatic rings. The summed E-state index contributed by atoms with van der Waals surface area (Å²) in [4.78, 5) is 0. The molecule has 5 heteroatoms. The van der Waals surface area contributed by atoms with Crippen molar-refractivity contribution >= 4 is 0 Å². The normalized spacial score (nSPS) is 23.5. The molecule has 4 rings (SSSR count). The second-order valence-electron chi connectivity index (χ2n) is 7.58. The van der Waals surface area contributed by atoms with E-state index >= 15 is 0 Å². The van der Waals surface area contributed by atoms with Crippen LogP contribution in [-0.2, 0) is 38.8 Å². The van der Waals surface area contributed by atoms with Crippen molar-refractivity contribution in [3.8, 4) is 0 Å². The summed E-state index contributed by atoms with van der Waals surface area (Å²) in [6.07, 6.45) is -2.59. The Bertz CT molecular complexity index is 887. The second-order valence-corrected chi connectivity index (χ2v) is 7.58. The molecule has 0 amide bonds. The molecule has 1 saturated heterocycles. The van der Waals surface area contributed by atoms with Crippen LogP contribution in [0.2, 0.25) is 0 Å². The summed E-state index contributed by atoms with van der Waals surface area (Å²) in [5.74, 6) is 0. The van der Waals surface area contributed by atoms with E-state index in [-0.39, 0.29) is 12.7 Å². The molecule has 162 valence electrons. The first-order chi connectivity index (χ1) is 15.3. The zero-order valence-corrected chi connectivity index (χ0v) is 17.4. The van der Waals surface area contributed by atoms with Gasteiger partial charge in [-0.05, 0) is 16.7 Å². The highest BCUT2D eigenvalue weighted by atomic mass is 16.7.